The Bertz CT molecular complexity index is 377. The smallest absolute Gasteiger partial charge is 0.289 e. The number of carbonyl (C=O) groups is 1. The summed E-state index contributed by atoms with van der Waals surface area (Å²) < 4.78 is 5.32. The Morgan fingerprint density at radius 2 is 2.06 bits per heavy atom. The van der Waals surface area contributed by atoms with E-state index in [2.05, 4.69) is 0 Å². The fourth-order valence-electron chi connectivity index (χ4n) is 1.77. The van der Waals surface area contributed by atoms with Crippen molar-refractivity contribution in [1.29, 1.82) is 0 Å². The van der Waals surface area contributed by atoms with Gasteiger partial charge in [-0.25, -0.2) is 0 Å². The Labute approximate surface area is 93.3 Å². The van der Waals surface area contributed by atoms with E-state index >= 15 is 0 Å². The van der Waals surface area contributed by atoms with E-state index in [-0.39, 0.29) is 24.8 Å². The second kappa shape index (κ2) is 4.27. The van der Waals surface area contributed by atoms with Crippen molar-refractivity contribution in [3.63, 3.8) is 0 Å². The molecule has 2 atom stereocenters. The van der Waals surface area contributed by atoms with Gasteiger partial charge in [0.2, 0.25) is 0 Å². The third-order valence-electron chi connectivity index (χ3n) is 2.77. The van der Waals surface area contributed by atoms with Crippen LogP contribution in [0.1, 0.15) is 23.2 Å². The van der Waals surface area contributed by atoms with Crippen LogP contribution in [-0.4, -0.2) is 46.3 Å². The van der Waals surface area contributed by atoms with Crippen molar-refractivity contribution in [3.8, 4) is 0 Å². The van der Waals surface area contributed by atoms with Crippen LogP contribution in [0, 0.1) is 0 Å². The molecule has 1 amide bonds. The van der Waals surface area contributed by atoms with E-state index in [4.69, 9.17) is 4.42 Å². The first-order valence-corrected chi connectivity index (χ1v) is 5.36. The van der Waals surface area contributed by atoms with Gasteiger partial charge in [-0.05, 0) is 12.1 Å². The lowest BCUT2D eigenvalue weighted by Gasteiger charge is -2.12. The molecule has 2 rings (SSSR count). The summed E-state index contributed by atoms with van der Waals surface area (Å²) in [5.74, 6) is 0.733. The van der Waals surface area contributed by atoms with Gasteiger partial charge in [0.25, 0.3) is 5.91 Å². The van der Waals surface area contributed by atoms with E-state index in [0.29, 0.717) is 0 Å². The number of rotatable bonds is 2. The number of amides is 1. The normalized spacial score (nSPS) is 25.1. The van der Waals surface area contributed by atoms with Crippen LogP contribution in [0.25, 0.3) is 0 Å². The maximum atomic E-state index is 11.9. The highest BCUT2D eigenvalue weighted by molar-refractivity contribution is 5.91. The van der Waals surface area contributed by atoms with Crippen LogP contribution in [0.5, 0.6) is 0 Å². The lowest BCUT2D eigenvalue weighted by molar-refractivity contribution is 0.0572. The molecule has 1 aliphatic heterocycles. The summed E-state index contributed by atoms with van der Waals surface area (Å²) >= 11 is 0. The molecule has 0 spiro atoms. The van der Waals surface area contributed by atoms with Gasteiger partial charge in [0, 0.05) is 19.5 Å². The van der Waals surface area contributed by atoms with Crippen molar-refractivity contribution in [3.05, 3.63) is 23.7 Å². The van der Waals surface area contributed by atoms with Crippen LogP contribution in [0.4, 0.5) is 0 Å². The topological polar surface area (TPSA) is 73.9 Å². The molecule has 0 aromatic carbocycles. The van der Waals surface area contributed by atoms with E-state index in [1.807, 2.05) is 6.92 Å². The fraction of sp³-hybridized carbons (Fsp3) is 0.545. The number of hydrogen-bond acceptors (Lipinski definition) is 4. The van der Waals surface area contributed by atoms with E-state index in [0.717, 1.165) is 12.2 Å². The Morgan fingerprint density at radius 3 is 2.56 bits per heavy atom. The number of nitrogens with zero attached hydrogens (tertiary/aromatic N) is 1. The van der Waals surface area contributed by atoms with Crippen LogP contribution in [0.3, 0.4) is 0 Å². The molecule has 2 heterocycles. The molecular formula is C11H15NO4. The van der Waals surface area contributed by atoms with Gasteiger partial charge in [0.05, 0.1) is 12.2 Å². The minimum absolute atomic E-state index is 0.155. The quantitative estimate of drug-likeness (QED) is 0.744. The van der Waals surface area contributed by atoms with Crippen molar-refractivity contribution >= 4 is 5.91 Å². The second-order valence-electron chi connectivity index (χ2n) is 3.96. The minimum Gasteiger partial charge on any atom is -0.456 e. The average Bonchev–Trinajstić information content (AvgIpc) is 2.86. The molecule has 1 aliphatic rings. The van der Waals surface area contributed by atoms with Crippen molar-refractivity contribution in [2.45, 2.75) is 25.6 Å². The van der Waals surface area contributed by atoms with Gasteiger partial charge < -0.3 is 19.5 Å². The number of β-amino-alcohol motifs (C(OH)–C–C–N with tert-alkyl or cyclic N) is 2. The van der Waals surface area contributed by atoms with Crippen LogP contribution in [-0.2, 0) is 6.42 Å². The molecule has 0 aliphatic carbocycles. The summed E-state index contributed by atoms with van der Waals surface area (Å²) in [5, 5.41) is 18.7. The minimum atomic E-state index is -0.857. The van der Waals surface area contributed by atoms with Gasteiger partial charge in [0.15, 0.2) is 5.76 Å². The average molecular weight is 225 g/mol. The van der Waals surface area contributed by atoms with Crippen molar-refractivity contribution in [2.75, 3.05) is 13.1 Å². The van der Waals surface area contributed by atoms with Crippen LogP contribution >= 0.6 is 0 Å². The molecule has 0 radical (unpaired) electrons. The lowest BCUT2D eigenvalue weighted by atomic mass is 10.3. The summed E-state index contributed by atoms with van der Waals surface area (Å²) in [6, 6.07) is 3.38. The second-order valence-corrected chi connectivity index (χ2v) is 3.96. The fourth-order valence-corrected chi connectivity index (χ4v) is 1.77. The Hall–Kier alpha value is -1.33. The number of aliphatic hydroxyl groups excluding tert-OH is 2. The molecule has 2 N–H and O–H groups in total. The number of likely N-dealkylation sites (tertiary alicyclic amines) is 1. The molecule has 16 heavy (non-hydrogen) atoms. The summed E-state index contributed by atoms with van der Waals surface area (Å²) in [5.41, 5.74) is 0. The summed E-state index contributed by atoms with van der Waals surface area (Å²) in [4.78, 5) is 13.3. The van der Waals surface area contributed by atoms with Gasteiger partial charge in [-0.3, -0.25) is 4.79 Å². The zero-order chi connectivity index (χ0) is 11.7. The third kappa shape index (κ3) is 1.96. The maximum Gasteiger partial charge on any atom is 0.289 e. The standard InChI is InChI=1S/C11H15NO4/c1-2-7-3-4-10(16-7)11(15)12-5-8(13)9(14)6-12/h3-4,8-9,13-14H,2,5-6H2,1H3. The van der Waals surface area contributed by atoms with Crippen LogP contribution < -0.4 is 0 Å². The highest BCUT2D eigenvalue weighted by atomic mass is 16.4. The predicted octanol–water partition coefficient (Wildman–Crippen LogP) is 0.0196. The summed E-state index contributed by atoms with van der Waals surface area (Å²) in [6.45, 7) is 2.25. The predicted molar refractivity (Wildman–Crippen MR) is 56.0 cm³/mol. The maximum absolute atomic E-state index is 11.9. The largest absolute Gasteiger partial charge is 0.456 e. The number of carbonyl (C=O) groups excluding carboxylic acids is 1. The summed E-state index contributed by atoms with van der Waals surface area (Å²) in [7, 11) is 0. The molecule has 5 heteroatoms. The lowest BCUT2D eigenvalue weighted by Crippen LogP contribution is -2.29. The first-order valence-electron chi connectivity index (χ1n) is 5.36. The molecule has 0 bridgehead atoms. The monoisotopic (exact) mass is 225 g/mol. The van der Waals surface area contributed by atoms with Crippen molar-refractivity contribution in [1.82, 2.24) is 4.90 Å². The third-order valence-corrected chi connectivity index (χ3v) is 2.77. The number of furan rings is 1. The summed E-state index contributed by atoms with van der Waals surface area (Å²) in [6.07, 6.45) is -0.979. The first-order chi connectivity index (χ1) is 7.61. The Morgan fingerprint density at radius 1 is 1.44 bits per heavy atom. The van der Waals surface area contributed by atoms with Crippen molar-refractivity contribution in [2.24, 2.45) is 0 Å². The van der Waals surface area contributed by atoms with E-state index < -0.39 is 12.2 Å². The van der Waals surface area contributed by atoms with E-state index in [1.165, 1.54) is 4.90 Å². The molecular weight excluding hydrogens is 210 g/mol. The zero-order valence-electron chi connectivity index (χ0n) is 9.09. The zero-order valence-corrected chi connectivity index (χ0v) is 9.09. The van der Waals surface area contributed by atoms with E-state index in [1.54, 1.807) is 12.1 Å². The van der Waals surface area contributed by atoms with Crippen LogP contribution in [0.2, 0.25) is 0 Å². The highest BCUT2D eigenvalue weighted by Gasteiger charge is 2.33. The Balaban J connectivity index is 2.08. The van der Waals surface area contributed by atoms with Gasteiger partial charge in [-0.2, -0.15) is 0 Å². The molecule has 0 saturated carbocycles. The Kier molecular flexibility index (Phi) is 2.98. The van der Waals surface area contributed by atoms with Gasteiger partial charge >= 0.3 is 0 Å². The molecule has 2 unspecified atom stereocenters. The van der Waals surface area contributed by atoms with Crippen LogP contribution in [0.15, 0.2) is 16.5 Å². The molecule has 1 fully saturated rings. The molecule has 1 saturated heterocycles. The molecule has 1 aromatic rings. The van der Waals surface area contributed by atoms with Gasteiger partial charge in [0.1, 0.15) is 5.76 Å². The molecule has 1 aromatic heterocycles. The van der Waals surface area contributed by atoms with Gasteiger partial charge in [-0.1, -0.05) is 6.92 Å². The highest BCUT2D eigenvalue weighted by Crippen LogP contribution is 2.16. The molecule has 88 valence electrons. The SMILES string of the molecule is CCc1ccc(C(=O)N2CC(O)C(O)C2)o1. The number of hydrogen-bond donors (Lipinski definition) is 2. The number of aryl methyl sites for hydroxylation is 1. The molecule has 5 nitrogen and oxygen atoms in total. The first kappa shape index (κ1) is 11.2. The van der Waals surface area contributed by atoms with Gasteiger partial charge in [-0.15, -0.1) is 0 Å². The van der Waals surface area contributed by atoms with E-state index in [9.17, 15) is 15.0 Å². The van der Waals surface area contributed by atoms with Crippen molar-refractivity contribution < 1.29 is 19.4 Å². The number of aliphatic hydroxyl groups is 2.